The molecule has 0 spiro atoms. The van der Waals surface area contributed by atoms with Gasteiger partial charge in [-0.05, 0) is 12.5 Å². The van der Waals surface area contributed by atoms with Crippen LogP contribution in [-0.4, -0.2) is 15.9 Å². The number of carbonyl (C=O) groups excluding carboxylic acids is 1. The van der Waals surface area contributed by atoms with Crippen LogP contribution in [0.15, 0.2) is 12.3 Å². The first-order valence-corrected chi connectivity index (χ1v) is 4.39. The molecule has 2 N–H and O–H groups in total. The number of nitrogens with zero attached hydrogens (tertiary/aromatic N) is 2. The summed E-state index contributed by atoms with van der Waals surface area (Å²) in [5.41, 5.74) is 5.48. The van der Waals surface area contributed by atoms with Gasteiger partial charge in [0.05, 0.1) is 5.69 Å². The highest BCUT2D eigenvalue weighted by Gasteiger charge is 2.44. The van der Waals surface area contributed by atoms with Gasteiger partial charge in [0.2, 0.25) is 5.91 Å². The van der Waals surface area contributed by atoms with Gasteiger partial charge >= 0.3 is 0 Å². The van der Waals surface area contributed by atoms with Gasteiger partial charge in [0.25, 0.3) is 0 Å². The molecule has 4 nitrogen and oxygen atoms in total. The van der Waals surface area contributed by atoms with E-state index in [4.69, 9.17) is 5.73 Å². The molecule has 5 heteroatoms. The number of alkyl halides is 1. The molecule has 0 aliphatic heterocycles. The molecule has 1 aromatic rings. The van der Waals surface area contributed by atoms with Crippen LogP contribution in [0.25, 0.3) is 0 Å². The summed E-state index contributed by atoms with van der Waals surface area (Å²) in [6, 6.07) is 1.52. The highest BCUT2D eigenvalue weighted by molar-refractivity contribution is 5.80. The molecule has 1 aromatic heterocycles. The standard InChI is InChI=1S/C9H10FN3O/c10-4-5-1-2-12-9(13-5)7-3-6(7)8(11)14/h1-2,6-7H,3-4H2,(H2,11,14)/t6-,7-/m0/s1. The number of primary amides is 1. The molecule has 2 rings (SSSR count). The van der Waals surface area contributed by atoms with Crippen molar-refractivity contribution >= 4 is 5.91 Å². The molecule has 14 heavy (non-hydrogen) atoms. The van der Waals surface area contributed by atoms with E-state index in [1.165, 1.54) is 12.3 Å². The molecule has 0 radical (unpaired) electrons. The monoisotopic (exact) mass is 195 g/mol. The highest BCUT2D eigenvalue weighted by atomic mass is 19.1. The average Bonchev–Trinajstić information content (AvgIpc) is 2.97. The molecular weight excluding hydrogens is 185 g/mol. The number of hydrogen-bond donors (Lipinski definition) is 1. The number of rotatable bonds is 3. The molecule has 74 valence electrons. The number of halogens is 1. The van der Waals surface area contributed by atoms with E-state index in [0.29, 0.717) is 17.9 Å². The van der Waals surface area contributed by atoms with Crippen LogP contribution in [-0.2, 0) is 11.5 Å². The summed E-state index contributed by atoms with van der Waals surface area (Å²) >= 11 is 0. The first-order chi connectivity index (χ1) is 6.72. The van der Waals surface area contributed by atoms with Crippen LogP contribution in [0.2, 0.25) is 0 Å². The van der Waals surface area contributed by atoms with Crippen molar-refractivity contribution in [2.45, 2.75) is 19.0 Å². The zero-order chi connectivity index (χ0) is 10.1. The Morgan fingerprint density at radius 2 is 2.50 bits per heavy atom. The van der Waals surface area contributed by atoms with Gasteiger partial charge in [0.1, 0.15) is 12.5 Å². The summed E-state index contributed by atoms with van der Waals surface area (Å²) in [6.07, 6.45) is 2.19. The summed E-state index contributed by atoms with van der Waals surface area (Å²) < 4.78 is 12.3. The van der Waals surface area contributed by atoms with Crippen LogP contribution in [0.4, 0.5) is 4.39 Å². The zero-order valence-corrected chi connectivity index (χ0v) is 7.48. The lowest BCUT2D eigenvalue weighted by molar-refractivity contribution is -0.119. The fraction of sp³-hybridized carbons (Fsp3) is 0.444. The van der Waals surface area contributed by atoms with E-state index in [9.17, 15) is 9.18 Å². The fourth-order valence-electron chi connectivity index (χ4n) is 1.46. The van der Waals surface area contributed by atoms with E-state index in [-0.39, 0.29) is 17.7 Å². The third-order valence-electron chi connectivity index (χ3n) is 2.36. The van der Waals surface area contributed by atoms with Crippen molar-refractivity contribution < 1.29 is 9.18 Å². The Bertz CT molecular complexity index is 369. The van der Waals surface area contributed by atoms with Gasteiger partial charge in [0.15, 0.2) is 0 Å². The number of nitrogens with two attached hydrogens (primary N) is 1. The molecule has 0 aromatic carbocycles. The van der Waals surface area contributed by atoms with Crippen molar-refractivity contribution in [2.24, 2.45) is 11.7 Å². The van der Waals surface area contributed by atoms with Crippen LogP contribution in [0, 0.1) is 5.92 Å². The maximum absolute atomic E-state index is 12.3. The lowest BCUT2D eigenvalue weighted by atomic mass is 10.3. The van der Waals surface area contributed by atoms with E-state index in [1.54, 1.807) is 0 Å². The second kappa shape index (κ2) is 3.32. The average molecular weight is 195 g/mol. The Kier molecular flexibility index (Phi) is 2.15. The Labute approximate surface area is 80.4 Å². The summed E-state index contributed by atoms with van der Waals surface area (Å²) in [5.74, 6) is 0.0389. The summed E-state index contributed by atoms with van der Waals surface area (Å²) in [5, 5.41) is 0. The first-order valence-electron chi connectivity index (χ1n) is 4.39. The van der Waals surface area contributed by atoms with E-state index in [1.807, 2.05) is 0 Å². The third kappa shape index (κ3) is 1.57. The predicted octanol–water partition coefficient (Wildman–Crippen LogP) is 0.535. The fourth-order valence-corrected chi connectivity index (χ4v) is 1.46. The molecule has 1 aliphatic rings. The molecule has 1 amide bonds. The molecule has 1 fully saturated rings. The van der Waals surface area contributed by atoms with Crippen molar-refractivity contribution in [1.82, 2.24) is 9.97 Å². The normalized spacial score (nSPS) is 24.6. The summed E-state index contributed by atoms with van der Waals surface area (Å²) in [7, 11) is 0. The molecule has 0 bridgehead atoms. The lowest BCUT2D eigenvalue weighted by Gasteiger charge is -1.98. The number of hydrogen-bond acceptors (Lipinski definition) is 3. The smallest absolute Gasteiger partial charge is 0.221 e. The Balaban J connectivity index is 2.15. The molecule has 1 saturated carbocycles. The van der Waals surface area contributed by atoms with Gasteiger partial charge in [-0.15, -0.1) is 0 Å². The molecule has 0 saturated heterocycles. The van der Waals surface area contributed by atoms with E-state index in [2.05, 4.69) is 9.97 Å². The Morgan fingerprint density at radius 1 is 1.71 bits per heavy atom. The molecule has 2 atom stereocenters. The van der Waals surface area contributed by atoms with Crippen molar-refractivity contribution in [3.63, 3.8) is 0 Å². The Morgan fingerprint density at radius 3 is 3.07 bits per heavy atom. The van der Waals surface area contributed by atoms with Crippen LogP contribution >= 0.6 is 0 Å². The van der Waals surface area contributed by atoms with Gasteiger partial charge in [-0.25, -0.2) is 14.4 Å². The maximum Gasteiger partial charge on any atom is 0.221 e. The van der Waals surface area contributed by atoms with Crippen molar-refractivity contribution in [3.8, 4) is 0 Å². The largest absolute Gasteiger partial charge is 0.369 e. The first kappa shape index (κ1) is 9.05. The van der Waals surface area contributed by atoms with Gasteiger partial charge in [-0.2, -0.15) is 0 Å². The second-order valence-electron chi connectivity index (χ2n) is 3.39. The van der Waals surface area contributed by atoms with E-state index < -0.39 is 6.67 Å². The summed E-state index contributed by atoms with van der Waals surface area (Å²) in [6.45, 7) is -0.608. The van der Waals surface area contributed by atoms with Gasteiger partial charge in [0, 0.05) is 18.0 Å². The van der Waals surface area contributed by atoms with Crippen LogP contribution in [0.3, 0.4) is 0 Å². The number of aromatic nitrogens is 2. The van der Waals surface area contributed by atoms with Crippen LogP contribution in [0.5, 0.6) is 0 Å². The maximum atomic E-state index is 12.3. The second-order valence-corrected chi connectivity index (χ2v) is 3.39. The van der Waals surface area contributed by atoms with Gasteiger partial charge in [-0.1, -0.05) is 0 Å². The molecule has 1 aliphatic carbocycles. The van der Waals surface area contributed by atoms with Crippen molar-refractivity contribution in [2.75, 3.05) is 0 Å². The van der Waals surface area contributed by atoms with E-state index >= 15 is 0 Å². The van der Waals surface area contributed by atoms with Crippen LogP contribution < -0.4 is 5.73 Å². The lowest BCUT2D eigenvalue weighted by Crippen LogP contribution is -2.14. The van der Waals surface area contributed by atoms with E-state index in [0.717, 1.165) is 0 Å². The third-order valence-corrected chi connectivity index (χ3v) is 2.36. The van der Waals surface area contributed by atoms with Crippen LogP contribution in [0.1, 0.15) is 23.9 Å². The van der Waals surface area contributed by atoms with Crippen molar-refractivity contribution in [1.29, 1.82) is 0 Å². The minimum Gasteiger partial charge on any atom is -0.369 e. The highest BCUT2D eigenvalue weighted by Crippen LogP contribution is 2.45. The summed E-state index contributed by atoms with van der Waals surface area (Å²) in [4.78, 5) is 18.8. The SMILES string of the molecule is NC(=O)[C@H]1C[C@@H]1c1nccc(CF)n1. The topological polar surface area (TPSA) is 68.9 Å². The van der Waals surface area contributed by atoms with Gasteiger partial charge < -0.3 is 5.73 Å². The molecule has 0 unspecified atom stereocenters. The predicted molar refractivity (Wildman–Crippen MR) is 46.9 cm³/mol. The van der Waals surface area contributed by atoms with Crippen molar-refractivity contribution in [3.05, 3.63) is 23.8 Å². The quantitative estimate of drug-likeness (QED) is 0.765. The number of amides is 1. The van der Waals surface area contributed by atoms with Gasteiger partial charge in [-0.3, -0.25) is 4.79 Å². The molecule has 1 heterocycles. The number of carbonyl (C=O) groups is 1. The minimum atomic E-state index is -0.608. The minimum absolute atomic E-state index is 0.000926. The molecular formula is C9H10FN3O. The Hall–Kier alpha value is -1.52. The zero-order valence-electron chi connectivity index (χ0n) is 7.48.